The first kappa shape index (κ1) is 22.8. The fourth-order valence-electron chi connectivity index (χ4n) is 3.19. The van der Waals surface area contributed by atoms with Crippen molar-refractivity contribution in [2.24, 2.45) is 0 Å². The number of rotatable bonds is 6. The van der Waals surface area contributed by atoms with Crippen LogP contribution in [-0.4, -0.2) is 49.9 Å². The fraction of sp³-hybridized carbons (Fsp3) is 0.238. The summed E-state index contributed by atoms with van der Waals surface area (Å²) in [6, 6.07) is 10.7. The number of aromatic nitrogens is 1. The largest absolute Gasteiger partial charge is 0.379 e. The van der Waals surface area contributed by atoms with Crippen LogP contribution in [-0.2, 0) is 21.2 Å². The van der Waals surface area contributed by atoms with E-state index >= 15 is 0 Å². The van der Waals surface area contributed by atoms with Crippen LogP contribution in [0.5, 0.6) is 0 Å². The maximum Gasteiger partial charge on any atom is 0.257 e. The fourth-order valence-corrected chi connectivity index (χ4v) is 5.65. The summed E-state index contributed by atoms with van der Waals surface area (Å²) in [5.74, 6) is -1.48. The van der Waals surface area contributed by atoms with Crippen LogP contribution in [0.1, 0.15) is 20.8 Å². The molecule has 0 saturated carbocycles. The van der Waals surface area contributed by atoms with Crippen molar-refractivity contribution in [1.82, 2.24) is 9.29 Å². The Morgan fingerprint density at radius 3 is 2.62 bits per heavy atom. The third-order valence-corrected chi connectivity index (χ3v) is 7.93. The predicted octanol–water partition coefficient (Wildman–Crippen LogP) is 3.80. The average molecular weight is 496 g/mol. The molecule has 3 aromatic rings. The Kier molecular flexibility index (Phi) is 6.87. The van der Waals surface area contributed by atoms with Gasteiger partial charge in [-0.05, 0) is 35.9 Å². The van der Waals surface area contributed by atoms with Gasteiger partial charge in [0, 0.05) is 41.2 Å². The summed E-state index contributed by atoms with van der Waals surface area (Å²) in [6.45, 7) is 0.744. The summed E-state index contributed by atoms with van der Waals surface area (Å²) in [5, 5.41) is 3.66. The Morgan fingerprint density at radius 2 is 1.91 bits per heavy atom. The van der Waals surface area contributed by atoms with Gasteiger partial charge in [-0.1, -0.05) is 23.7 Å². The lowest BCUT2D eigenvalue weighted by atomic mass is 10.1. The first-order chi connectivity index (χ1) is 15.3. The highest BCUT2D eigenvalue weighted by atomic mass is 35.5. The van der Waals surface area contributed by atoms with Crippen molar-refractivity contribution in [2.45, 2.75) is 11.3 Å². The number of halogens is 2. The molecule has 168 valence electrons. The van der Waals surface area contributed by atoms with Crippen LogP contribution in [0, 0.1) is 5.82 Å². The summed E-state index contributed by atoms with van der Waals surface area (Å²) in [5.41, 5.74) is 1.07. The van der Waals surface area contributed by atoms with Gasteiger partial charge in [-0.2, -0.15) is 4.31 Å². The van der Waals surface area contributed by atoms with Crippen LogP contribution >= 0.6 is 22.9 Å². The highest BCUT2D eigenvalue weighted by Crippen LogP contribution is 2.25. The van der Waals surface area contributed by atoms with E-state index in [-0.39, 0.29) is 31.9 Å². The molecule has 7 nitrogen and oxygen atoms in total. The van der Waals surface area contributed by atoms with Crippen molar-refractivity contribution >= 4 is 44.0 Å². The number of amides is 1. The van der Waals surface area contributed by atoms with Crippen LogP contribution in [0.2, 0.25) is 5.02 Å². The molecule has 4 rings (SSSR count). The lowest BCUT2D eigenvalue weighted by molar-refractivity contribution is 0.0729. The number of thiazole rings is 1. The van der Waals surface area contributed by atoms with Crippen molar-refractivity contribution < 1.29 is 22.3 Å². The van der Waals surface area contributed by atoms with E-state index < -0.39 is 26.6 Å². The predicted molar refractivity (Wildman–Crippen MR) is 120 cm³/mol. The summed E-state index contributed by atoms with van der Waals surface area (Å²) in [6.07, 6.45) is 2.29. The summed E-state index contributed by atoms with van der Waals surface area (Å²) in [7, 11) is -4.08. The SMILES string of the molecule is O=C(Nc1ncc(Cc2ccc(Cl)cc2)s1)c1ccc(F)c(S(=O)(=O)N2CCOCC2)c1. The second kappa shape index (κ2) is 9.63. The normalized spacial score (nSPS) is 14.9. The number of benzene rings is 2. The number of carbonyl (C=O) groups is 1. The van der Waals surface area contributed by atoms with E-state index in [9.17, 15) is 17.6 Å². The Labute approximate surface area is 193 Å². The van der Waals surface area contributed by atoms with Gasteiger partial charge in [0.2, 0.25) is 10.0 Å². The minimum absolute atomic E-state index is 0.0210. The van der Waals surface area contributed by atoms with Gasteiger partial charge in [0.05, 0.1) is 13.2 Å². The van der Waals surface area contributed by atoms with E-state index in [1.165, 1.54) is 17.4 Å². The number of ether oxygens (including phenoxy) is 1. The van der Waals surface area contributed by atoms with E-state index in [4.69, 9.17) is 16.3 Å². The second-order valence-corrected chi connectivity index (χ2v) is 10.5. The molecular formula is C21H19ClFN3O4S2. The van der Waals surface area contributed by atoms with Crippen molar-refractivity contribution in [1.29, 1.82) is 0 Å². The topological polar surface area (TPSA) is 88.6 Å². The smallest absolute Gasteiger partial charge is 0.257 e. The number of sulfonamides is 1. The zero-order valence-electron chi connectivity index (χ0n) is 16.8. The zero-order valence-corrected chi connectivity index (χ0v) is 19.1. The van der Waals surface area contributed by atoms with E-state index in [0.29, 0.717) is 16.6 Å². The van der Waals surface area contributed by atoms with Gasteiger partial charge >= 0.3 is 0 Å². The maximum atomic E-state index is 14.4. The van der Waals surface area contributed by atoms with Crippen LogP contribution in [0.25, 0.3) is 0 Å². The first-order valence-corrected chi connectivity index (χ1v) is 12.3. The number of anilines is 1. The highest BCUT2D eigenvalue weighted by molar-refractivity contribution is 7.89. The number of carbonyl (C=O) groups excluding carboxylic acids is 1. The van der Waals surface area contributed by atoms with Crippen LogP contribution in [0.4, 0.5) is 9.52 Å². The molecule has 1 aliphatic rings. The zero-order chi connectivity index (χ0) is 22.7. The second-order valence-electron chi connectivity index (χ2n) is 7.05. The number of hydrogen-bond acceptors (Lipinski definition) is 6. The Morgan fingerprint density at radius 1 is 1.19 bits per heavy atom. The van der Waals surface area contributed by atoms with Gasteiger partial charge < -0.3 is 4.74 Å². The van der Waals surface area contributed by atoms with Crippen molar-refractivity contribution in [3.05, 3.63) is 75.5 Å². The molecule has 0 spiro atoms. The van der Waals surface area contributed by atoms with Crippen LogP contribution in [0.3, 0.4) is 0 Å². The molecule has 32 heavy (non-hydrogen) atoms. The van der Waals surface area contributed by atoms with Gasteiger partial charge in [0.15, 0.2) is 5.13 Å². The molecule has 0 aliphatic carbocycles. The minimum atomic E-state index is -4.08. The minimum Gasteiger partial charge on any atom is -0.379 e. The molecule has 1 saturated heterocycles. The molecule has 0 radical (unpaired) electrons. The van der Waals surface area contributed by atoms with Gasteiger partial charge in [0.1, 0.15) is 10.7 Å². The summed E-state index contributed by atoms with van der Waals surface area (Å²) < 4.78 is 46.3. The molecule has 2 heterocycles. The molecular weight excluding hydrogens is 477 g/mol. The maximum absolute atomic E-state index is 14.4. The third-order valence-electron chi connectivity index (χ3n) is 4.85. The lowest BCUT2D eigenvalue weighted by Gasteiger charge is -2.26. The molecule has 1 aliphatic heterocycles. The first-order valence-electron chi connectivity index (χ1n) is 9.71. The Balaban J connectivity index is 1.49. The standard InChI is InChI=1S/C21H19ClFN3O4S2/c22-16-4-1-14(2-5-16)11-17-13-24-21(31-17)25-20(27)15-3-6-18(23)19(12-15)32(28,29)26-7-9-30-10-8-26/h1-6,12-13H,7-11H2,(H,24,25,27). The van der Waals surface area contributed by atoms with Crippen LogP contribution < -0.4 is 5.32 Å². The molecule has 0 unspecified atom stereocenters. The number of nitrogens with one attached hydrogen (secondary N) is 1. The van der Waals surface area contributed by atoms with Gasteiger partial charge in [-0.3, -0.25) is 10.1 Å². The molecule has 2 aromatic carbocycles. The number of nitrogens with zero attached hydrogens (tertiary/aromatic N) is 2. The van der Waals surface area contributed by atoms with E-state index in [0.717, 1.165) is 26.9 Å². The molecule has 1 amide bonds. The van der Waals surface area contributed by atoms with E-state index in [2.05, 4.69) is 10.3 Å². The Bertz CT molecular complexity index is 1230. The number of morpholine rings is 1. The Hall–Kier alpha value is -2.37. The van der Waals surface area contributed by atoms with Crippen molar-refractivity contribution in [3.63, 3.8) is 0 Å². The molecule has 1 aromatic heterocycles. The molecule has 11 heteroatoms. The van der Waals surface area contributed by atoms with Gasteiger partial charge in [-0.25, -0.2) is 17.8 Å². The van der Waals surface area contributed by atoms with Crippen molar-refractivity contribution in [3.8, 4) is 0 Å². The summed E-state index contributed by atoms with van der Waals surface area (Å²) >= 11 is 7.20. The molecule has 0 atom stereocenters. The quantitative estimate of drug-likeness (QED) is 0.562. The monoisotopic (exact) mass is 495 g/mol. The van der Waals surface area contributed by atoms with Crippen LogP contribution in [0.15, 0.2) is 53.6 Å². The molecule has 0 bridgehead atoms. The average Bonchev–Trinajstić information content (AvgIpc) is 3.22. The highest BCUT2D eigenvalue weighted by Gasteiger charge is 2.29. The van der Waals surface area contributed by atoms with Gasteiger partial charge in [-0.15, -0.1) is 11.3 Å². The van der Waals surface area contributed by atoms with Crippen molar-refractivity contribution in [2.75, 3.05) is 31.6 Å². The third kappa shape index (κ3) is 5.16. The molecule has 1 fully saturated rings. The van der Waals surface area contributed by atoms with Gasteiger partial charge in [0.25, 0.3) is 5.91 Å². The van der Waals surface area contributed by atoms with E-state index in [1.807, 2.05) is 12.1 Å². The lowest BCUT2D eigenvalue weighted by Crippen LogP contribution is -2.41. The molecule has 1 N–H and O–H groups in total. The van der Waals surface area contributed by atoms with E-state index in [1.54, 1.807) is 18.3 Å². The number of hydrogen-bond donors (Lipinski definition) is 1. The summed E-state index contributed by atoms with van der Waals surface area (Å²) in [4.78, 5) is 17.3.